The topological polar surface area (TPSA) is 51.9 Å². The highest BCUT2D eigenvalue weighted by Gasteiger charge is 2.42. The average molecular weight is 292 g/mol. The van der Waals surface area contributed by atoms with E-state index in [1.165, 1.54) is 0 Å². The Kier molecular flexibility index (Phi) is 2.19. The minimum atomic E-state index is -0.287. The van der Waals surface area contributed by atoms with Crippen molar-refractivity contribution in [1.82, 2.24) is 19.7 Å². The highest BCUT2D eigenvalue weighted by atomic mass is 16.1. The molecular weight excluding hydrogens is 276 g/mol. The second-order valence-electron chi connectivity index (χ2n) is 6.26. The summed E-state index contributed by atoms with van der Waals surface area (Å²) in [5.41, 5.74) is 3.64. The van der Waals surface area contributed by atoms with Crippen molar-refractivity contribution in [3.63, 3.8) is 0 Å². The molecule has 3 heterocycles. The number of amides is 1. The first-order valence-corrected chi connectivity index (χ1v) is 7.70. The van der Waals surface area contributed by atoms with Crippen LogP contribution < -0.4 is 5.32 Å². The van der Waals surface area contributed by atoms with Crippen LogP contribution in [0.2, 0.25) is 0 Å². The third kappa shape index (κ3) is 1.53. The van der Waals surface area contributed by atoms with Crippen molar-refractivity contribution in [3.8, 4) is 11.3 Å². The SMILES string of the molecule is O=C(NC1(c2ccccn2)CCC1)c1ccc2n3n(cc1-2)C3. The lowest BCUT2D eigenvalue weighted by molar-refractivity contribution is 0.0818. The van der Waals surface area contributed by atoms with Crippen molar-refractivity contribution < 1.29 is 4.79 Å². The quantitative estimate of drug-likeness (QED) is 0.630. The third-order valence-electron chi connectivity index (χ3n) is 4.99. The Morgan fingerprint density at radius 2 is 2.14 bits per heavy atom. The van der Waals surface area contributed by atoms with Gasteiger partial charge in [-0.25, -0.2) is 0 Å². The van der Waals surface area contributed by atoms with E-state index in [4.69, 9.17) is 0 Å². The Labute approximate surface area is 127 Å². The fourth-order valence-electron chi connectivity index (χ4n) is 3.53. The average Bonchev–Trinajstić information content (AvgIpc) is 2.99. The number of hydrogen-bond donors (Lipinski definition) is 1. The molecule has 0 aromatic carbocycles. The number of aromatic nitrogens is 3. The van der Waals surface area contributed by atoms with E-state index in [1.54, 1.807) is 6.20 Å². The van der Waals surface area contributed by atoms with Crippen molar-refractivity contribution in [2.75, 3.05) is 0 Å². The van der Waals surface area contributed by atoms with Gasteiger partial charge in [-0.2, -0.15) is 0 Å². The lowest BCUT2D eigenvalue weighted by atomic mass is 9.74. The third-order valence-corrected chi connectivity index (χ3v) is 4.99. The van der Waals surface area contributed by atoms with E-state index in [0.717, 1.165) is 48.4 Å². The van der Waals surface area contributed by atoms with E-state index in [-0.39, 0.29) is 11.4 Å². The highest BCUT2D eigenvalue weighted by Crippen LogP contribution is 2.41. The molecule has 0 saturated heterocycles. The molecule has 0 atom stereocenters. The highest BCUT2D eigenvalue weighted by molar-refractivity contribution is 6.02. The van der Waals surface area contributed by atoms with Gasteiger partial charge in [-0.1, -0.05) is 6.07 Å². The zero-order valence-corrected chi connectivity index (χ0v) is 12.1. The van der Waals surface area contributed by atoms with Gasteiger partial charge in [0, 0.05) is 18.0 Å². The van der Waals surface area contributed by atoms with Gasteiger partial charge in [-0.05, 0) is 43.5 Å². The number of carbonyl (C=O) groups is 1. The van der Waals surface area contributed by atoms with Crippen LogP contribution in [-0.2, 0) is 12.2 Å². The van der Waals surface area contributed by atoms with Gasteiger partial charge in [-0.15, -0.1) is 0 Å². The molecule has 1 amide bonds. The summed E-state index contributed by atoms with van der Waals surface area (Å²) in [5, 5.41) is 3.25. The Balaban J connectivity index is 1.46. The van der Waals surface area contributed by atoms with Gasteiger partial charge in [0.1, 0.15) is 6.67 Å². The summed E-state index contributed by atoms with van der Waals surface area (Å²) in [6, 6.07) is 9.86. The molecule has 1 saturated carbocycles. The van der Waals surface area contributed by atoms with Crippen LogP contribution >= 0.6 is 0 Å². The molecule has 1 fully saturated rings. The lowest BCUT2D eigenvalue weighted by Crippen LogP contribution is -2.51. The Bertz CT molecular complexity index is 841. The van der Waals surface area contributed by atoms with Crippen molar-refractivity contribution in [2.24, 2.45) is 0 Å². The van der Waals surface area contributed by atoms with E-state index in [1.807, 2.05) is 30.3 Å². The molecule has 1 N–H and O–H groups in total. The maximum atomic E-state index is 12.8. The summed E-state index contributed by atoms with van der Waals surface area (Å²) >= 11 is 0. The van der Waals surface area contributed by atoms with Crippen LogP contribution in [0.4, 0.5) is 0 Å². The van der Waals surface area contributed by atoms with Gasteiger partial charge in [-0.3, -0.25) is 19.1 Å². The predicted molar refractivity (Wildman–Crippen MR) is 81.7 cm³/mol. The molecule has 22 heavy (non-hydrogen) atoms. The standard InChI is InChI=1S/C17H16N4O/c22-16(12-5-6-14-13(12)10-20-11-21(14)20)19-17(7-3-8-17)15-4-1-2-9-18-15/h1-2,4-6,9-10H,3,7-8,11H2,(H,19,22). The number of carbonyl (C=O) groups excluding carboxylic acids is 1. The Morgan fingerprint density at radius 1 is 1.23 bits per heavy atom. The van der Waals surface area contributed by atoms with E-state index < -0.39 is 0 Å². The maximum Gasteiger partial charge on any atom is 0.252 e. The molecular formula is C17H16N4O. The number of rotatable bonds is 3. The van der Waals surface area contributed by atoms with Gasteiger partial charge in [0.15, 0.2) is 0 Å². The summed E-state index contributed by atoms with van der Waals surface area (Å²) in [5.74, 6) is 0.00607. The van der Waals surface area contributed by atoms with Crippen molar-refractivity contribution in [1.29, 1.82) is 0 Å². The van der Waals surface area contributed by atoms with E-state index in [9.17, 15) is 4.79 Å². The lowest BCUT2D eigenvalue weighted by Gasteiger charge is -2.42. The zero-order chi connectivity index (χ0) is 14.7. The first kappa shape index (κ1) is 12.0. The van der Waals surface area contributed by atoms with E-state index in [2.05, 4.69) is 25.9 Å². The molecule has 0 spiro atoms. The number of nitrogens with one attached hydrogen (secondary N) is 1. The molecule has 0 unspecified atom stereocenters. The van der Waals surface area contributed by atoms with E-state index in [0.29, 0.717) is 0 Å². The minimum Gasteiger partial charge on any atom is -0.341 e. The first-order valence-electron chi connectivity index (χ1n) is 7.70. The predicted octanol–water partition coefficient (Wildman–Crippen LogP) is 2.42. The van der Waals surface area contributed by atoms with Crippen LogP contribution in [0.1, 0.15) is 35.3 Å². The molecule has 1 aromatic heterocycles. The maximum absolute atomic E-state index is 12.8. The van der Waals surface area contributed by atoms with Gasteiger partial charge >= 0.3 is 0 Å². The molecule has 4 aliphatic rings. The van der Waals surface area contributed by atoms with Crippen LogP contribution in [0, 0.1) is 0 Å². The molecule has 0 bridgehead atoms. The number of nitrogens with zero attached hydrogens (tertiary/aromatic N) is 3. The van der Waals surface area contributed by atoms with Crippen LogP contribution in [0.15, 0.2) is 42.7 Å². The van der Waals surface area contributed by atoms with Gasteiger partial charge in [0.2, 0.25) is 0 Å². The monoisotopic (exact) mass is 292 g/mol. The fraction of sp³-hybridized carbons (Fsp3) is 0.294. The summed E-state index contributed by atoms with van der Waals surface area (Å²) in [4.78, 5) is 17.2. The number of pyridine rings is 1. The fourth-order valence-corrected chi connectivity index (χ4v) is 3.53. The van der Waals surface area contributed by atoms with Crippen LogP contribution in [0.25, 0.3) is 11.3 Å². The van der Waals surface area contributed by atoms with Gasteiger partial charge in [0.25, 0.3) is 5.91 Å². The second-order valence-corrected chi connectivity index (χ2v) is 6.26. The Hall–Kier alpha value is -2.56. The van der Waals surface area contributed by atoms with E-state index >= 15 is 0 Å². The molecule has 5 heteroatoms. The zero-order valence-electron chi connectivity index (χ0n) is 12.1. The molecule has 2 aliphatic heterocycles. The number of fused-ring (bicyclic) bond motifs is 3. The molecule has 5 nitrogen and oxygen atoms in total. The summed E-state index contributed by atoms with van der Waals surface area (Å²) in [6.07, 6.45) is 6.90. The van der Waals surface area contributed by atoms with Crippen molar-refractivity contribution >= 4 is 5.91 Å². The van der Waals surface area contributed by atoms with Crippen molar-refractivity contribution in [3.05, 3.63) is 54.0 Å². The summed E-state index contributed by atoms with van der Waals surface area (Å²) < 4.78 is 4.27. The molecule has 2 aliphatic carbocycles. The normalized spacial score (nSPS) is 17.8. The minimum absolute atomic E-state index is 0.00607. The van der Waals surface area contributed by atoms with Crippen LogP contribution in [0.3, 0.4) is 0 Å². The summed E-state index contributed by atoms with van der Waals surface area (Å²) in [7, 11) is 0. The molecule has 0 radical (unpaired) electrons. The van der Waals surface area contributed by atoms with Crippen LogP contribution in [-0.4, -0.2) is 20.3 Å². The van der Waals surface area contributed by atoms with Gasteiger partial charge < -0.3 is 5.32 Å². The largest absolute Gasteiger partial charge is 0.341 e. The first-order chi connectivity index (χ1) is 10.8. The molecule has 5 rings (SSSR count). The smallest absolute Gasteiger partial charge is 0.252 e. The second kappa shape index (κ2) is 4.00. The number of hydrogen-bond acceptors (Lipinski definition) is 2. The Morgan fingerprint density at radius 3 is 2.86 bits per heavy atom. The van der Waals surface area contributed by atoms with Gasteiger partial charge in [0.05, 0.1) is 22.5 Å². The van der Waals surface area contributed by atoms with Crippen LogP contribution in [0.5, 0.6) is 0 Å². The molecule has 110 valence electrons. The summed E-state index contributed by atoms with van der Waals surface area (Å²) in [6.45, 7) is 0.940. The molecule has 1 aromatic rings. The van der Waals surface area contributed by atoms with Crippen molar-refractivity contribution in [2.45, 2.75) is 31.5 Å².